The molecule has 2 aromatic rings. The van der Waals surface area contributed by atoms with Crippen molar-refractivity contribution < 1.29 is 9.84 Å². The van der Waals surface area contributed by atoms with Crippen LogP contribution in [0.1, 0.15) is 31.9 Å². The van der Waals surface area contributed by atoms with Crippen molar-refractivity contribution in [3.8, 4) is 5.75 Å². The van der Waals surface area contributed by atoms with E-state index in [9.17, 15) is 5.11 Å². The molecule has 2 rings (SSSR count). The van der Waals surface area contributed by atoms with Gasteiger partial charge in [0, 0.05) is 3.57 Å². The van der Waals surface area contributed by atoms with Crippen LogP contribution in [-0.2, 0) is 5.60 Å². The Hall–Kier alpha value is -1.07. The highest BCUT2D eigenvalue weighted by atomic mass is 127. The van der Waals surface area contributed by atoms with Crippen LogP contribution >= 0.6 is 22.6 Å². The van der Waals surface area contributed by atoms with Gasteiger partial charge in [-0.05, 0) is 78.8 Å². The molecule has 1 atom stereocenters. The minimum Gasteiger partial charge on any atom is -0.491 e. The lowest BCUT2D eigenvalue weighted by Gasteiger charge is -2.25. The maximum absolute atomic E-state index is 10.8. The second-order valence-electron chi connectivity index (χ2n) is 5.27. The van der Waals surface area contributed by atoms with E-state index in [1.165, 1.54) is 0 Å². The van der Waals surface area contributed by atoms with Crippen LogP contribution in [0.3, 0.4) is 0 Å². The van der Waals surface area contributed by atoms with Gasteiger partial charge >= 0.3 is 0 Å². The maximum Gasteiger partial charge on any atom is 0.120 e. The average Bonchev–Trinajstić information content (AvgIpc) is 2.39. The summed E-state index contributed by atoms with van der Waals surface area (Å²) < 4.78 is 6.84. The Labute approximate surface area is 133 Å². The van der Waals surface area contributed by atoms with E-state index in [0.29, 0.717) is 0 Å². The van der Waals surface area contributed by atoms with Crippen molar-refractivity contribution in [3.05, 3.63) is 63.2 Å². The van der Waals surface area contributed by atoms with Crippen LogP contribution in [0.4, 0.5) is 0 Å². The molecule has 0 heterocycles. The zero-order valence-corrected chi connectivity index (χ0v) is 14.1. The molecular formula is C17H19IO2. The predicted molar refractivity (Wildman–Crippen MR) is 90.0 cm³/mol. The molecule has 1 unspecified atom stereocenters. The van der Waals surface area contributed by atoms with Crippen molar-refractivity contribution in [1.29, 1.82) is 0 Å². The minimum absolute atomic E-state index is 0.119. The maximum atomic E-state index is 10.8. The first-order chi connectivity index (χ1) is 9.39. The van der Waals surface area contributed by atoms with Crippen LogP contribution < -0.4 is 4.74 Å². The summed E-state index contributed by atoms with van der Waals surface area (Å²) in [5.41, 5.74) is 0.678. The second kappa shape index (κ2) is 6.14. The molecule has 0 aliphatic carbocycles. The van der Waals surface area contributed by atoms with E-state index in [1.807, 2.05) is 69.3 Å². The number of aliphatic hydroxyl groups is 1. The molecular weight excluding hydrogens is 363 g/mol. The van der Waals surface area contributed by atoms with E-state index >= 15 is 0 Å². The minimum atomic E-state index is -1.03. The first-order valence-electron chi connectivity index (χ1n) is 6.65. The van der Waals surface area contributed by atoms with Crippen LogP contribution in [0.2, 0.25) is 0 Å². The van der Waals surface area contributed by atoms with Gasteiger partial charge in [-0.1, -0.05) is 24.3 Å². The Kier molecular flexibility index (Phi) is 4.70. The molecule has 3 heteroatoms. The molecule has 0 radical (unpaired) electrons. The van der Waals surface area contributed by atoms with Gasteiger partial charge in [-0.15, -0.1) is 0 Å². The summed E-state index contributed by atoms with van der Waals surface area (Å²) in [6.07, 6.45) is 0.119. The molecule has 0 aliphatic rings. The molecule has 2 nitrogen and oxygen atoms in total. The summed E-state index contributed by atoms with van der Waals surface area (Å²) >= 11 is 2.26. The number of benzene rings is 2. The first kappa shape index (κ1) is 15.3. The van der Waals surface area contributed by atoms with Gasteiger partial charge in [0.25, 0.3) is 0 Å². The van der Waals surface area contributed by atoms with Crippen molar-refractivity contribution >= 4 is 22.6 Å². The van der Waals surface area contributed by atoms with Gasteiger partial charge in [-0.25, -0.2) is 0 Å². The van der Waals surface area contributed by atoms with Gasteiger partial charge in [0.05, 0.1) is 6.10 Å². The van der Waals surface area contributed by atoms with Crippen molar-refractivity contribution in [3.63, 3.8) is 0 Å². The van der Waals surface area contributed by atoms with Crippen LogP contribution in [0.5, 0.6) is 5.75 Å². The summed E-state index contributed by atoms with van der Waals surface area (Å²) in [4.78, 5) is 0. The lowest BCUT2D eigenvalue weighted by molar-refractivity contribution is 0.102. The van der Waals surface area contributed by atoms with Gasteiger partial charge in [0.2, 0.25) is 0 Å². The number of ether oxygens (including phenoxy) is 1. The van der Waals surface area contributed by atoms with E-state index in [0.717, 1.165) is 20.4 Å². The lowest BCUT2D eigenvalue weighted by Crippen LogP contribution is -2.22. The molecule has 1 N–H and O–H groups in total. The fourth-order valence-corrected chi connectivity index (χ4v) is 2.45. The molecule has 0 bridgehead atoms. The van der Waals surface area contributed by atoms with E-state index in [4.69, 9.17) is 4.74 Å². The van der Waals surface area contributed by atoms with Crippen molar-refractivity contribution in [2.75, 3.05) is 0 Å². The normalized spacial score (nSPS) is 14.1. The fourth-order valence-electron chi connectivity index (χ4n) is 2.09. The molecule has 20 heavy (non-hydrogen) atoms. The Bertz CT molecular complexity index is 574. The van der Waals surface area contributed by atoms with Crippen molar-refractivity contribution in [1.82, 2.24) is 0 Å². The number of hydrogen-bond acceptors (Lipinski definition) is 2. The summed E-state index contributed by atoms with van der Waals surface area (Å²) in [6, 6.07) is 15.6. The molecule has 106 valence electrons. The Morgan fingerprint density at radius 2 is 1.70 bits per heavy atom. The number of halogens is 1. The fraction of sp³-hybridized carbons (Fsp3) is 0.294. The smallest absolute Gasteiger partial charge is 0.120 e. The molecule has 0 saturated heterocycles. The molecule has 0 aliphatic heterocycles. The molecule has 0 amide bonds. The third kappa shape index (κ3) is 3.52. The van der Waals surface area contributed by atoms with E-state index < -0.39 is 5.60 Å². The Balaban J connectivity index is 2.35. The molecule has 0 fully saturated rings. The third-order valence-electron chi connectivity index (χ3n) is 3.17. The zero-order chi connectivity index (χ0) is 14.8. The van der Waals surface area contributed by atoms with Gasteiger partial charge in [0.1, 0.15) is 11.4 Å². The zero-order valence-electron chi connectivity index (χ0n) is 11.9. The molecule has 0 aromatic heterocycles. The summed E-state index contributed by atoms with van der Waals surface area (Å²) in [5, 5.41) is 10.8. The standard InChI is InChI=1S/C17H19IO2/c1-12(2)20-16-6-4-5-14(11-16)17(3,19)13-7-9-15(18)10-8-13/h4-12,19H,1-3H3. The highest BCUT2D eigenvalue weighted by molar-refractivity contribution is 14.1. The van der Waals surface area contributed by atoms with Crippen LogP contribution in [-0.4, -0.2) is 11.2 Å². The Morgan fingerprint density at radius 3 is 2.30 bits per heavy atom. The number of hydrogen-bond donors (Lipinski definition) is 1. The Morgan fingerprint density at radius 1 is 1.05 bits per heavy atom. The van der Waals surface area contributed by atoms with Crippen molar-refractivity contribution in [2.24, 2.45) is 0 Å². The second-order valence-corrected chi connectivity index (χ2v) is 6.52. The average molecular weight is 382 g/mol. The van der Waals surface area contributed by atoms with E-state index in [2.05, 4.69) is 22.6 Å². The first-order valence-corrected chi connectivity index (χ1v) is 7.73. The van der Waals surface area contributed by atoms with Gasteiger partial charge in [-0.2, -0.15) is 0 Å². The SMILES string of the molecule is CC(C)Oc1cccc(C(C)(O)c2ccc(I)cc2)c1. The van der Waals surface area contributed by atoms with E-state index in [1.54, 1.807) is 0 Å². The van der Waals surface area contributed by atoms with Crippen LogP contribution in [0.25, 0.3) is 0 Å². The quantitative estimate of drug-likeness (QED) is 0.798. The molecule has 0 saturated carbocycles. The third-order valence-corrected chi connectivity index (χ3v) is 3.89. The highest BCUT2D eigenvalue weighted by Gasteiger charge is 2.25. The molecule has 2 aromatic carbocycles. The van der Waals surface area contributed by atoms with Gasteiger partial charge in [0.15, 0.2) is 0 Å². The van der Waals surface area contributed by atoms with Crippen molar-refractivity contribution in [2.45, 2.75) is 32.5 Å². The van der Waals surface area contributed by atoms with Crippen LogP contribution in [0.15, 0.2) is 48.5 Å². The largest absolute Gasteiger partial charge is 0.491 e. The summed E-state index contributed by atoms with van der Waals surface area (Å²) in [6.45, 7) is 5.79. The molecule has 0 spiro atoms. The lowest BCUT2D eigenvalue weighted by atomic mass is 9.88. The van der Waals surface area contributed by atoms with Gasteiger partial charge in [-0.3, -0.25) is 0 Å². The van der Waals surface area contributed by atoms with Gasteiger partial charge < -0.3 is 9.84 Å². The number of rotatable bonds is 4. The predicted octanol–water partition coefficient (Wildman–Crippen LogP) is 4.33. The summed E-state index contributed by atoms with van der Waals surface area (Å²) in [5.74, 6) is 0.781. The van der Waals surface area contributed by atoms with E-state index in [-0.39, 0.29) is 6.10 Å². The summed E-state index contributed by atoms with van der Waals surface area (Å²) in [7, 11) is 0. The topological polar surface area (TPSA) is 29.5 Å². The monoisotopic (exact) mass is 382 g/mol. The van der Waals surface area contributed by atoms with Crippen LogP contribution in [0, 0.1) is 3.57 Å². The highest BCUT2D eigenvalue weighted by Crippen LogP contribution is 2.31.